The zero-order chi connectivity index (χ0) is 32.9. The van der Waals surface area contributed by atoms with Crippen LogP contribution in [0.25, 0.3) is 22.3 Å². The second-order valence-corrected chi connectivity index (χ2v) is 10.2. The predicted molar refractivity (Wildman–Crippen MR) is 141 cm³/mol. The standard InChI is InChI=1S/C27H26O18/c28-9-2-1-7(3-13(9)43-27-21(36)17(32)19(34)23(45-27)25(39)40)12-6-11(30)15-10(29)4-8(5-14(15)42-12)41-26-20(35)16(31)18(33)22(44-26)24(37)38/h1-6,16-23,26-29,31-36H,(H,37,38)(H,39,40)/t16-,17-,18-,19-,20+,21+,22-,23+,26-,27+/m1/s1. The second kappa shape index (κ2) is 12.1. The third-order valence-electron chi connectivity index (χ3n) is 7.15. The highest BCUT2D eigenvalue weighted by Crippen LogP contribution is 2.37. The summed E-state index contributed by atoms with van der Waals surface area (Å²) in [6, 6.07) is 6.43. The number of hydrogen-bond donors (Lipinski definition) is 10. The first-order valence-electron chi connectivity index (χ1n) is 13.0. The Morgan fingerprint density at radius 2 is 1.22 bits per heavy atom. The summed E-state index contributed by atoms with van der Waals surface area (Å²) in [6.07, 6.45) is -19.5. The number of rotatable bonds is 7. The zero-order valence-electron chi connectivity index (χ0n) is 22.5. The second-order valence-electron chi connectivity index (χ2n) is 10.2. The molecule has 18 heteroatoms. The molecule has 2 aliphatic heterocycles. The lowest BCUT2D eigenvalue weighted by molar-refractivity contribution is -0.271. The lowest BCUT2D eigenvalue weighted by Gasteiger charge is -2.38. The number of phenols is 2. The molecule has 3 heterocycles. The van der Waals surface area contributed by atoms with Crippen molar-refractivity contribution in [1.29, 1.82) is 0 Å². The van der Waals surface area contributed by atoms with Crippen LogP contribution < -0.4 is 14.9 Å². The Labute approximate surface area is 249 Å². The molecule has 2 saturated heterocycles. The van der Waals surface area contributed by atoms with Crippen molar-refractivity contribution in [2.24, 2.45) is 0 Å². The molecule has 5 rings (SSSR count). The monoisotopic (exact) mass is 638 g/mol. The van der Waals surface area contributed by atoms with Gasteiger partial charge in [0, 0.05) is 23.8 Å². The lowest BCUT2D eigenvalue weighted by atomic mass is 9.99. The van der Waals surface area contributed by atoms with Crippen LogP contribution in [0.15, 0.2) is 45.6 Å². The molecule has 0 amide bonds. The van der Waals surface area contributed by atoms with E-state index in [-0.39, 0.29) is 28.0 Å². The molecule has 0 radical (unpaired) electrons. The highest BCUT2D eigenvalue weighted by molar-refractivity contribution is 5.86. The first-order chi connectivity index (χ1) is 21.2. The maximum atomic E-state index is 12.9. The van der Waals surface area contributed by atoms with E-state index in [1.807, 2.05) is 0 Å². The normalized spacial score (nSPS) is 31.8. The van der Waals surface area contributed by atoms with Gasteiger partial charge in [-0.3, -0.25) is 4.79 Å². The highest BCUT2D eigenvalue weighted by atomic mass is 16.7. The molecule has 2 fully saturated rings. The summed E-state index contributed by atoms with van der Waals surface area (Å²) >= 11 is 0. The summed E-state index contributed by atoms with van der Waals surface area (Å²) in [6.45, 7) is 0. The van der Waals surface area contributed by atoms with Crippen molar-refractivity contribution in [3.8, 4) is 34.3 Å². The van der Waals surface area contributed by atoms with E-state index >= 15 is 0 Å². The van der Waals surface area contributed by atoms with Crippen LogP contribution in [-0.2, 0) is 19.1 Å². The van der Waals surface area contributed by atoms with Crippen molar-refractivity contribution < 1.29 is 84.0 Å². The lowest BCUT2D eigenvalue weighted by Crippen LogP contribution is -2.61. The molecule has 2 aliphatic rings. The molecular weight excluding hydrogens is 612 g/mol. The minimum absolute atomic E-state index is 0.0562. The van der Waals surface area contributed by atoms with Gasteiger partial charge in [0.1, 0.15) is 64.9 Å². The molecule has 10 atom stereocenters. The molecule has 45 heavy (non-hydrogen) atoms. The van der Waals surface area contributed by atoms with Gasteiger partial charge in [-0.1, -0.05) is 0 Å². The van der Waals surface area contributed by atoms with Crippen molar-refractivity contribution in [3.05, 3.63) is 46.6 Å². The maximum absolute atomic E-state index is 12.9. The predicted octanol–water partition coefficient (Wildman–Crippen LogP) is -2.59. The molecule has 242 valence electrons. The van der Waals surface area contributed by atoms with Gasteiger partial charge in [0.25, 0.3) is 0 Å². The van der Waals surface area contributed by atoms with Gasteiger partial charge >= 0.3 is 11.9 Å². The quantitative estimate of drug-likeness (QED) is 0.127. The van der Waals surface area contributed by atoms with E-state index in [1.165, 1.54) is 6.07 Å². The number of carboxylic acid groups (broad SMARTS) is 2. The van der Waals surface area contributed by atoms with Crippen LogP contribution in [0.2, 0.25) is 0 Å². The molecule has 3 aromatic rings. The number of benzene rings is 2. The summed E-state index contributed by atoms with van der Waals surface area (Å²) in [4.78, 5) is 35.7. The molecule has 0 unspecified atom stereocenters. The maximum Gasteiger partial charge on any atom is 0.335 e. The van der Waals surface area contributed by atoms with E-state index in [0.29, 0.717) is 0 Å². The fourth-order valence-corrected chi connectivity index (χ4v) is 4.77. The number of fused-ring (bicyclic) bond motifs is 1. The molecule has 1 aromatic heterocycles. The van der Waals surface area contributed by atoms with E-state index in [4.69, 9.17) is 23.4 Å². The number of aliphatic carboxylic acids is 2. The number of hydrogen-bond acceptors (Lipinski definition) is 16. The Hall–Kier alpha value is -4.53. The number of aliphatic hydroxyl groups excluding tert-OH is 6. The van der Waals surface area contributed by atoms with Crippen molar-refractivity contribution in [3.63, 3.8) is 0 Å². The van der Waals surface area contributed by atoms with Crippen LogP contribution in [0.5, 0.6) is 23.0 Å². The van der Waals surface area contributed by atoms with Gasteiger partial charge in [-0.05, 0) is 18.2 Å². The fraction of sp³-hybridized carbons (Fsp3) is 0.370. The highest BCUT2D eigenvalue weighted by Gasteiger charge is 2.49. The number of carboxylic acids is 2. The number of aromatic hydroxyl groups is 2. The van der Waals surface area contributed by atoms with E-state index in [9.17, 15) is 65.4 Å². The van der Waals surface area contributed by atoms with E-state index in [2.05, 4.69) is 0 Å². The number of carbonyl (C=O) groups is 2. The third-order valence-corrected chi connectivity index (χ3v) is 7.15. The van der Waals surface area contributed by atoms with Crippen LogP contribution >= 0.6 is 0 Å². The van der Waals surface area contributed by atoms with Crippen molar-refractivity contribution in [2.75, 3.05) is 0 Å². The number of ether oxygens (including phenoxy) is 4. The summed E-state index contributed by atoms with van der Waals surface area (Å²) in [7, 11) is 0. The Morgan fingerprint density at radius 3 is 1.78 bits per heavy atom. The summed E-state index contributed by atoms with van der Waals surface area (Å²) in [5, 5.41) is 99.3. The van der Waals surface area contributed by atoms with Crippen molar-refractivity contribution in [1.82, 2.24) is 0 Å². The van der Waals surface area contributed by atoms with Crippen LogP contribution in [0.3, 0.4) is 0 Å². The Bertz CT molecular complexity index is 1670. The van der Waals surface area contributed by atoms with Gasteiger partial charge in [0.05, 0.1) is 0 Å². The topological polar surface area (TPSA) is 304 Å². The fourth-order valence-electron chi connectivity index (χ4n) is 4.77. The Morgan fingerprint density at radius 1 is 0.667 bits per heavy atom. The third kappa shape index (κ3) is 5.95. The van der Waals surface area contributed by atoms with Gasteiger partial charge in [0.15, 0.2) is 29.1 Å². The van der Waals surface area contributed by atoms with Gasteiger partial charge < -0.3 is 74.4 Å². The Kier molecular flexibility index (Phi) is 8.58. The van der Waals surface area contributed by atoms with Crippen molar-refractivity contribution in [2.45, 2.75) is 61.4 Å². The summed E-state index contributed by atoms with van der Waals surface area (Å²) in [5.41, 5.74) is -1.01. The molecule has 0 spiro atoms. The van der Waals surface area contributed by atoms with Gasteiger partial charge in [-0.25, -0.2) is 9.59 Å². The number of phenolic OH excluding ortho intramolecular Hbond substituents is 2. The first kappa shape index (κ1) is 31.9. The minimum atomic E-state index is -1.99. The smallest absolute Gasteiger partial charge is 0.335 e. The minimum Gasteiger partial charge on any atom is -0.507 e. The van der Waals surface area contributed by atoms with Gasteiger partial charge in [0.2, 0.25) is 12.6 Å². The molecule has 0 saturated carbocycles. The van der Waals surface area contributed by atoms with Gasteiger partial charge in [-0.15, -0.1) is 0 Å². The average Bonchev–Trinajstić information content (AvgIpc) is 2.97. The van der Waals surface area contributed by atoms with E-state index < -0.39 is 96.0 Å². The summed E-state index contributed by atoms with van der Waals surface area (Å²) < 4.78 is 26.7. The van der Waals surface area contributed by atoms with Crippen molar-refractivity contribution >= 4 is 22.9 Å². The zero-order valence-corrected chi connectivity index (χ0v) is 22.5. The van der Waals surface area contributed by atoms with Gasteiger partial charge in [-0.2, -0.15) is 0 Å². The molecule has 10 N–H and O–H groups in total. The van der Waals surface area contributed by atoms with Crippen LogP contribution in [0.1, 0.15) is 0 Å². The summed E-state index contributed by atoms with van der Waals surface area (Å²) in [5.74, 6) is -5.45. The van der Waals surface area contributed by atoms with Crippen LogP contribution in [-0.4, -0.2) is 124 Å². The molecule has 18 nitrogen and oxygen atoms in total. The largest absolute Gasteiger partial charge is 0.507 e. The molecule has 0 bridgehead atoms. The van der Waals surface area contributed by atoms with Crippen LogP contribution in [0, 0.1) is 0 Å². The first-order valence-corrected chi connectivity index (χ1v) is 13.0. The molecule has 0 aliphatic carbocycles. The SMILES string of the molecule is O=C(O)[C@H]1O[C@H](Oc2cc(-c3cc(=O)c4c(O)cc(O[C@@H]5O[C@@H](C(=O)O)[C@H](O)[C@@H](O)[C@@H]5O)cc4o3)ccc2O)[C@@H](O)[C@H](O)[C@H]1O. The van der Waals surface area contributed by atoms with E-state index in [0.717, 1.165) is 30.3 Å². The van der Waals surface area contributed by atoms with E-state index in [1.54, 1.807) is 0 Å². The molecule has 2 aromatic carbocycles. The van der Waals surface area contributed by atoms with Crippen LogP contribution in [0.4, 0.5) is 0 Å². The number of aliphatic hydroxyl groups is 6. The molecular formula is C27H26O18. The Balaban J connectivity index is 1.46. The average molecular weight is 638 g/mol.